The van der Waals surface area contributed by atoms with Crippen LogP contribution in [-0.2, 0) is 6.42 Å². The van der Waals surface area contributed by atoms with Crippen LogP contribution in [0.5, 0.6) is 0 Å². The van der Waals surface area contributed by atoms with Crippen LogP contribution in [0, 0.1) is 24.2 Å². The molecule has 1 aliphatic rings. The Bertz CT molecular complexity index is 587. The molecule has 0 saturated heterocycles. The maximum atomic E-state index is 11.4. The molecule has 1 heterocycles. The summed E-state index contributed by atoms with van der Waals surface area (Å²) in [6.07, 6.45) is 0.800. The molecule has 1 aliphatic heterocycles. The molecular weight excluding hydrogens is 264 g/mol. The van der Waals surface area contributed by atoms with Crippen LogP contribution < -0.4 is 0 Å². The third-order valence-corrected chi connectivity index (χ3v) is 4.29. The number of nitriles is 1. The summed E-state index contributed by atoms with van der Waals surface area (Å²) < 4.78 is 0. The zero-order valence-electron chi connectivity index (χ0n) is 12.9. The third kappa shape index (κ3) is 3.18. The lowest BCUT2D eigenvalue weighted by Crippen LogP contribution is -2.33. The monoisotopic (exact) mass is 286 g/mol. The van der Waals surface area contributed by atoms with Gasteiger partial charge in [0.25, 0.3) is 0 Å². The Morgan fingerprint density at radius 2 is 2.24 bits per heavy atom. The molecule has 1 N–H and O–H groups in total. The molecule has 112 valence electrons. The molecule has 0 aromatic heterocycles. The van der Waals surface area contributed by atoms with Gasteiger partial charge in [0.1, 0.15) is 0 Å². The fourth-order valence-corrected chi connectivity index (χ4v) is 3.26. The molecule has 0 radical (unpaired) electrons. The second-order valence-electron chi connectivity index (χ2n) is 6.22. The van der Waals surface area contributed by atoms with E-state index in [2.05, 4.69) is 19.9 Å². The van der Waals surface area contributed by atoms with Crippen LogP contribution in [0.25, 0.3) is 0 Å². The molecule has 0 saturated carbocycles. The molecule has 0 aliphatic carbocycles. The van der Waals surface area contributed by atoms with E-state index in [-0.39, 0.29) is 5.92 Å². The standard InChI is InChI=1S/C17H22N2O2/c1-11(2)8-14-10-19(17(20)21)7-6-15-12(3)13(9-18)4-5-16(14)15/h4-5,11,14H,6-8,10H2,1-3H3,(H,20,21). The highest BCUT2D eigenvalue weighted by Crippen LogP contribution is 2.33. The normalized spacial score (nSPS) is 18.0. The van der Waals surface area contributed by atoms with Crippen molar-refractivity contribution in [3.05, 3.63) is 34.4 Å². The lowest BCUT2D eigenvalue weighted by molar-refractivity contribution is 0.142. The van der Waals surface area contributed by atoms with E-state index < -0.39 is 6.09 Å². The van der Waals surface area contributed by atoms with Crippen LogP contribution in [0.1, 0.15) is 48.4 Å². The number of hydrogen-bond acceptors (Lipinski definition) is 2. The number of fused-ring (bicyclic) bond motifs is 1. The summed E-state index contributed by atoms with van der Waals surface area (Å²) in [5, 5.41) is 18.5. The molecule has 1 aromatic carbocycles. The summed E-state index contributed by atoms with van der Waals surface area (Å²) in [4.78, 5) is 12.9. The average Bonchev–Trinajstić information content (AvgIpc) is 2.59. The predicted octanol–water partition coefficient (Wildman–Crippen LogP) is 3.53. The van der Waals surface area contributed by atoms with E-state index >= 15 is 0 Å². The first-order chi connectivity index (χ1) is 9.93. The molecule has 1 atom stereocenters. The van der Waals surface area contributed by atoms with Crippen LogP contribution in [0.2, 0.25) is 0 Å². The topological polar surface area (TPSA) is 64.3 Å². The van der Waals surface area contributed by atoms with Gasteiger partial charge in [0.2, 0.25) is 0 Å². The number of rotatable bonds is 2. The average molecular weight is 286 g/mol. The van der Waals surface area contributed by atoms with Gasteiger partial charge in [0.15, 0.2) is 0 Å². The summed E-state index contributed by atoms with van der Waals surface area (Å²) in [5.74, 6) is 0.720. The first-order valence-corrected chi connectivity index (χ1v) is 7.44. The zero-order chi connectivity index (χ0) is 15.6. The Morgan fingerprint density at radius 3 is 2.81 bits per heavy atom. The number of carbonyl (C=O) groups is 1. The summed E-state index contributed by atoms with van der Waals surface area (Å²) in [5.41, 5.74) is 4.10. The lowest BCUT2D eigenvalue weighted by Gasteiger charge is -2.24. The largest absolute Gasteiger partial charge is 0.465 e. The second-order valence-corrected chi connectivity index (χ2v) is 6.22. The number of hydrogen-bond donors (Lipinski definition) is 1. The highest BCUT2D eigenvalue weighted by molar-refractivity contribution is 5.65. The van der Waals surface area contributed by atoms with Crippen LogP contribution in [0.4, 0.5) is 4.79 Å². The van der Waals surface area contributed by atoms with Crippen molar-refractivity contribution < 1.29 is 9.90 Å². The molecule has 1 unspecified atom stereocenters. The minimum atomic E-state index is -0.852. The smallest absolute Gasteiger partial charge is 0.407 e. The van der Waals surface area contributed by atoms with Gasteiger partial charge in [-0.1, -0.05) is 19.9 Å². The first kappa shape index (κ1) is 15.4. The van der Waals surface area contributed by atoms with Crippen LogP contribution >= 0.6 is 0 Å². The van der Waals surface area contributed by atoms with E-state index in [1.54, 1.807) is 0 Å². The molecule has 1 aromatic rings. The van der Waals surface area contributed by atoms with Gasteiger partial charge in [-0.15, -0.1) is 0 Å². The zero-order valence-corrected chi connectivity index (χ0v) is 12.9. The first-order valence-electron chi connectivity index (χ1n) is 7.44. The summed E-state index contributed by atoms with van der Waals surface area (Å²) >= 11 is 0. The van der Waals surface area contributed by atoms with E-state index in [1.807, 2.05) is 19.1 Å². The minimum absolute atomic E-state index is 0.213. The van der Waals surface area contributed by atoms with Crippen molar-refractivity contribution in [3.8, 4) is 6.07 Å². The molecule has 0 spiro atoms. The fraction of sp³-hybridized carbons (Fsp3) is 0.529. The van der Waals surface area contributed by atoms with Gasteiger partial charge in [-0.2, -0.15) is 5.26 Å². The Hall–Kier alpha value is -2.02. The lowest BCUT2D eigenvalue weighted by atomic mass is 9.84. The molecule has 21 heavy (non-hydrogen) atoms. The van der Waals surface area contributed by atoms with Gasteiger partial charge in [0, 0.05) is 19.0 Å². The van der Waals surface area contributed by atoms with Crippen molar-refractivity contribution in [1.29, 1.82) is 5.26 Å². The highest BCUT2D eigenvalue weighted by Gasteiger charge is 2.27. The fourth-order valence-electron chi connectivity index (χ4n) is 3.26. The van der Waals surface area contributed by atoms with Gasteiger partial charge < -0.3 is 10.0 Å². The molecule has 1 amide bonds. The van der Waals surface area contributed by atoms with Gasteiger partial charge in [-0.3, -0.25) is 0 Å². The van der Waals surface area contributed by atoms with Gasteiger partial charge in [-0.05, 0) is 48.4 Å². The number of benzene rings is 1. The Balaban J connectivity index is 2.47. The Labute approximate surface area is 126 Å². The molecule has 2 rings (SSSR count). The molecule has 0 fully saturated rings. The molecular formula is C17H22N2O2. The highest BCUT2D eigenvalue weighted by atomic mass is 16.4. The number of nitrogens with zero attached hydrogens (tertiary/aromatic N) is 2. The van der Waals surface area contributed by atoms with E-state index in [4.69, 9.17) is 0 Å². The summed E-state index contributed by atoms with van der Waals surface area (Å²) in [6.45, 7) is 7.34. The molecule has 0 bridgehead atoms. The SMILES string of the molecule is Cc1c(C#N)ccc2c1CCN(C(=O)O)CC2CC(C)C. The Kier molecular flexibility index (Phi) is 4.52. The van der Waals surface area contributed by atoms with Crippen molar-refractivity contribution in [3.63, 3.8) is 0 Å². The maximum Gasteiger partial charge on any atom is 0.407 e. The van der Waals surface area contributed by atoms with Crippen LogP contribution in [0.3, 0.4) is 0 Å². The third-order valence-electron chi connectivity index (χ3n) is 4.29. The predicted molar refractivity (Wildman–Crippen MR) is 81.4 cm³/mol. The van der Waals surface area contributed by atoms with Crippen molar-refractivity contribution in [2.24, 2.45) is 5.92 Å². The summed E-state index contributed by atoms with van der Waals surface area (Å²) in [7, 11) is 0. The molecule has 4 nitrogen and oxygen atoms in total. The van der Waals surface area contributed by atoms with Gasteiger partial charge >= 0.3 is 6.09 Å². The van der Waals surface area contributed by atoms with E-state index in [0.29, 0.717) is 31.0 Å². The van der Waals surface area contributed by atoms with Crippen LogP contribution in [-0.4, -0.2) is 29.2 Å². The van der Waals surface area contributed by atoms with Crippen molar-refractivity contribution in [2.75, 3.05) is 13.1 Å². The van der Waals surface area contributed by atoms with Crippen LogP contribution in [0.15, 0.2) is 12.1 Å². The van der Waals surface area contributed by atoms with Gasteiger partial charge in [0.05, 0.1) is 11.6 Å². The summed E-state index contributed by atoms with van der Waals surface area (Å²) in [6, 6.07) is 6.13. The van der Waals surface area contributed by atoms with Crippen molar-refractivity contribution in [2.45, 2.75) is 39.5 Å². The van der Waals surface area contributed by atoms with E-state index in [1.165, 1.54) is 16.0 Å². The Morgan fingerprint density at radius 1 is 1.52 bits per heavy atom. The minimum Gasteiger partial charge on any atom is -0.465 e. The van der Waals surface area contributed by atoms with E-state index in [0.717, 1.165) is 12.0 Å². The van der Waals surface area contributed by atoms with Gasteiger partial charge in [-0.25, -0.2) is 4.79 Å². The van der Waals surface area contributed by atoms with Crippen molar-refractivity contribution >= 4 is 6.09 Å². The second kappa shape index (κ2) is 6.17. The number of carboxylic acid groups (broad SMARTS) is 1. The number of amides is 1. The molecule has 4 heteroatoms. The quantitative estimate of drug-likeness (QED) is 0.904. The van der Waals surface area contributed by atoms with E-state index in [9.17, 15) is 15.2 Å². The van der Waals surface area contributed by atoms with Crippen molar-refractivity contribution in [1.82, 2.24) is 4.90 Å². The maximum absolute atomic E-state index is 11.4.